The number of hydrogen-bond acceptors (Lipinski definition) is 2. The van der Waals surface area contributed by atoms with Crippen molar-refractivity contribution in [3.05, 3.63) is 93.4 Å². The first-order valence-corrected chi connectivity index (χ1v) is 17.2. The first kappa shape index (κ1) is 35.3. The molecule has 3 aromatic carbocycles. The van der Waals surface area contributed by atoms with Crippen molar-refractivity contribution in [1.29, 1.82) is 0 Å². The van der Waals surface area contributed by atoms with Crippen LogP contribution >= 0.6 is 11.6 Å². The van der Waals surface area contributed by atoms with E-state index in [0.29, 0.717) is 54.3 Å². The van der Waals surface area contributed by atoms with Gasteiger partial charge in [0.25, 0.3) is 0 Å². The van der Waals surface area contributed by atoms with E-state index in [0.717, 1.165) is 69.6 Å². The van der Waals surface area contributed by atoms with E-state index in [4.69, 9.17) is 16.3 Å². The molecule has 1 heterocycles. The van der Waals surface area contributed by atoms with Gasteiger partial charge in [0, 0.05) is 22.9 Å². The highest BCUT2D eigenvalue weighted by atomic mass is 35.5. The van der Waals surface area contributed by atoms with E-state index in [-0.39, 0.29) is 5.82 Å². The smallest absolute Gasteiger partial charge is 0.352 e. The summed E-state index contributed by atoms with van der Waals surface area (Å²) in [5.41, 5.74) is 6.51. The molecule has 246 valence electrons. The van der Waals surface area contributed by atoms with Gasteiger partial charge in [0.2, 0.25) is 0 Å². The Morgan fingerprint density at radius 2 is 1.78 bits per heavy atom. The average Bonchev–Trinajstić information content (AvgIpc) is 3.35. The molecule has 0 radical (unpaired) electrons. The quantitative estimate of drug-likeness (QED) is 0.103. The number of hydrogen-bond donors (Lipinski definition) is 1. The second-order valence-corrected chi connectivity index (χ2v) is 13.0. The van der Waals surface area contributed by atoms with Crippen LogP contribution in [-0.2, 0) is 13.0 Å². The van der Waals surface area contributed by atoms with E-state index < -0.39 is 5.97 Å². The lowest BCUT2D eigenvalue weighted by atomic mass is 9.86. The molecule has 0 bridgehead atoms. The van der Waals surface area contributed by atoms with E-state index in [1.807, 2.05) is 34.9 Å². The van der Waals surface area contributed by atoms with Crippen LogP contribution in [0.3, 0.4) is 0 Å². The molecule has 0 aliphatic rings. The predicted molar refractivity (Wildman–Crippen MR) is 192 cm³/mol. The van der Waals surface area contributed by atoms with Crippen LogP contribution in [0.15, 0.2) is 65.8 Å². The van der Waals surface area contributed by atoms with Gasteiger partial charge in [0.05, 0.1) is 17.1 Å². The molecule has 1 aromatic heterocycles. The van der Waals surface area contributed by atoms with Crippen molar-refractivity contribution in [3.8, 4) is 5.75 Å². The number of carboxylic acid groups (broad SMARTS) is 1. The Balaban J connectivity index is 1.86. The summed E-state index contributed by atoms with van der Waals surface area (Å²) < 4.78 is 22.0. The van der Waals surface area contributed by atoms with E-state index in [2.05, 4.69) is 54.5 Å². The van der Waals surface area contributed by atoms with Gasteiger partial charge >= 0.3 is 5.97 Å². The monoisotopic (exact) mass is 645 g/mol. The molecule has 6 heteroatoms. The largest absolute Gasteiger partial charge is 0.493 e. The third-order valence-corrected chi connectivity index (χ3v) is 9.87. The maximum atomic E-state index is 13.8. The molecule has 0 spiro atoms. The molecule has 46 heavy (non-hydrogen) atoms. The van der Waals surface area contributed by atoms with E-state index in [9.17, 15) is 14.3 Å². The minimum atomic E-state index is -0.931. The lowest BCUT2D eigenvalue weighted by Crippen LogP contribution is -2.14. The van der Waals surface area contributed by atoms with Crippen molar-refractivity contribution in [2.75, 3.05) is 6.61 Å². The average molecular weight is 646 g/mol. The van der Waals surface area contributed by atoms with Crippen molar-refractivity contribution in [1.82, 2.24) is 4.57 Å². The van der Waals surface area contributed by atoms with Gasteiger partial charge in [-0.05, 0) is 110 Å². The second-order valence-electron chi connectivity index (χ2n) is 12.6. The van der Waals surface area contributed by atoms with Gasteiger partial charge in [-0.1, -0.05) is 82.5 Å². The van der Waals surface area contributed by atoms with Gasteiger partial charge < -0.3 is 14.4 Å². The summed E-state index contributed by atoms with van der Waals surface area (Å²) in [7, 11) is 0. The van der Waals surface area contributed by atoms with Crippen LogP contribution in [-0.4, -0.2) is 22.2 Å². The van der Waals surface area contributed by atoms with Crippen molar-refractivity contribution in [2.45, 2.75) is 93.5 Å². The summed E-state index contributed by atoms with van der Waals surface area (Å²) in [6.07, 6.45) is 7.16. The Labute approximate surface area is 278 Å². The minimum absolute atomic E-state index is 0.284. The number of fused-ring (bicyclic) bond motifs is 2. The third-order valence-electron chi connectivity index (χ3n) is 9.55. The minimum Gasteiger partial charge on any atom is -0.493 e. The van der Waals surface area contributed by atoms with Crippen molar-refractivity contribution in [2.24, 2.45) is 11.8 Å². The number of ether oxygens (including phenoxy) is 1. The molecule has 0 fully saturated rings. The van der Waals surface area contributed by atoms with Gasteiger partial charge in [-0.2, -0.15) is 0 Å². The van der Waals surface area contributed by atoms with Crippen LogP contribution < -0.4 is 4.74 Å². The Morgan fingerprint density at radius 3 is 2.46 bits per heavy atom. The van der Waals surface area contributed by atoms with Gasteiger partial charge in [0.15, 0.2) is 0 Å². The number of aromatic carboxylic acids is 1. The SMILES string of the molecule is CC/C=C(C)\C(=C(\C)C(C)CC)c1c(Cl)ccc2c(CCCOc3cccc4cc(F)ccc34)c(C(=O)O)n(CCC(C)CC)c12. The number of benzene rings is 3. The lowest BCUT2D eigenvalue weighted by molar-refractivity contribution is 0.0683. The first-order chi connectivity index (χ1) is 22.0. The molecule has 0 amide bonds. The molecule has 0 aliphatic heterocycles. The van der Waals surface area contributed by atoms with Crippen molar-refractivity contribution in [3.63, 3.8) is 0 Å². The van der Waals surface area contributed by atoms with Gasteiger partial charge in [0.1, 0.15) is 17.3 Å². The zero-order valence-electron chi connectivity index (χ0n) is 28.5. The number of rotatable bonds is 15. The zero-order chi connectivity index (χ0) is 33.5. The highest BCUT2D eigenvalue weighted by Crippen LogP contribution is 2.43. The Morgan fingerprint density at radius 1 is 1.04 bits per heavy atom. The molecular formula is C40H49ClFNO3. The summed E-state index contributed by atoms with van der Waals surface area (Å²) in [6, 6.07) is 14.2. The second kappa shape index (κ2) is 15.8. The molecule has 0 saturated carbocycles. The zero-order valence-corrected chi connectivity index (χ0v) is 29.2. The highest BCUT2D eigenvalue weighted by molar-refractivity contribution is 6.34. The third kappa shape index (κ3) is 7.52. The molecule has 0 aliphatic carbocycles. The number of aryl methyl sites for hydroxylation is 2. The first-order valence-electron chi connectivity index (χ1n) is 16.8. The highest BCUT2D eigenvalue weighted by Gasteiger charge is 2.28. The van der Waals surface area contributed by atoms with Crippen LogP contribution in [0.5, 0.6) is 5.75 Å². The Hall–Kier alpha value is -3.57. The molecule has 2 atom stereocenters. The summed E-state index contributed by atoms with van der Waals surface area (Å²) >= 11 is 7.12. The van der Waals surface area contributed by atoms with E-state index in [1.165, 1.54) is 17.7 Å². The van der Waals surface area contributed by atoms with Crippen LogP contribution in [0.25, 0.3) is 27.2 Å². The van der Waals surface area contributed by atoms with Crippen LogP contribution in [0.1, 0.15) is 102 Å². The van der Waals surface area contributed by atoms with Gasteiger partial charge in [-0.25, -0.2) is 9.18 Å². The number of halogens is 2. The number of allylic oxidation sites excluding steroid dienone is 4. The molecule has 1 N–H and O–H groups in total. The lowest BCUT2D eigenvalue weighted by Gasteiger charge is -2.22. The number of carboxylic acids is 1. The van der Waals surface area contributed by atoms with E-state index in [1.54, 1.807) is 6.07 Å². The fourth-order valence-electron chi connectivity index (χ4n) is 6.45. The maximum Gasteiger partial charge on any atom is 0.352 e. The molecule has 0 saturated heterocycles. The number of aromatic nitrogens is 1. The molecule has 2 unspecified atom stereocenters. The fourth-order valence-corrected chi connectivity index (χ4v) is 6.70. The standard InChI is InChI=1S/C40H49ClFNO3/c1-8-13-27(6)36(28(7)26(5)10-3)37-34(41)20-19-33-32(39(40(44)45)43(38(33)37)22-21-25(4)9-2)15-12-23-46-35-16-11-14-29-24-30(42)17-18-31(29)35/h11,13-14,16-20,24-26H,8-10,12,15,21-23H2,1-7H3,(H,44,45)/b27-13-,36-28+. The summed E-state index contributed by atoms with van der Waals surface area (Å²) in [6.45, 7) is 16.3. The summed E-state index contributed by atoms with van der Waals surface area (Å²) in [5, 5.41) is 13.9. The normalized spacial score (nSPS) is 14.1. The maximum absolute atomic E-state index is 13.8. The number of carbonyl (C=O) groups is 1. The fraction of sp³-hybridized carbons (Fsp3) is 0.425. The number of nitrogens with zero attached hydrogens (tertiary/aromatic N) is 1. The van der Waals surface area contributed by atoms with Crippen molar-refractivity contribution >= 4 is 44.8 Å². The Kier molecular flexibility index (Phi) is 12.1. The van der Waals surface area contributed by atoms with Gasteiger partial charge in [-0.15, -0.1) is 0 Å². The van der Waals surface area contributed by atoms with Crippen LogP contribution in [0, 0.1) is 17.7 Å². The summed E-state index contributed by atoms with van der Waals surface area (Å²) in [5.74, 6) is 0.263. The van der Waals surface area contributed by atoms with E-state index >= 15 is 0 Å². The predicted octanol–water partition coefficient (Wildman–Crippen LogP) is 11.9. The van der Waals surface area contributed by atoms with Crippen LogP contribution in [0.4, 0.5) is 4.39 Å². The van der Waals surface area contributed by atoms with Crippen LogP contribution in [0.2, 0.25) is 5.02 Å². The topological polar surface area (TPSA) is 51.5 Å². The molecule has 4 nitrogen and oxygen atoms in total. The molecule has 4 rings (SSSR count). The Bertz CT molecular complexity index is 1770. The molecule has 4 aromatic rings. The van der Waals surface area contributed by atoms with Crippen molar-refractivity contribution < 1.29 is 19.0 Å². The van der Waals surface area contributed by atoms with Gasteiger partial charge in [-0.3, -0.25) is 0 Å². The summed E-state index contributed by atoms with van der Waals surface area (Å²) in [4.78, 5) is 13.1. The molecular weight excluding hydrogens is 597 g/mol.